The van der Waals surface area contributed by atoms with Crippen LogP contribution >= 0.6 is 28.4 Å². The van der Waals surface area contributed by atoms with E-state index in [1.54, 1.807) is 0 Å². The van der Waals surface area contributed by atoms with Gasteiger partial charge in [0.2, 0.25) is 0 Å². The average molecular weight is 254 g/mol. The minimum Gasteiger partial charge on any atom is -0.147 e. The largest absolute Gasteiger partial charge is 0.147 e. The zero-order chi connectivity index (χ0) is 6.74. The molecule has 0 aliphatic carbocycles. The molecule has 0 fully saturated rings. The number of allylic oxidation sites excluding steroid dienone is 2. The minimum atomic E-state index is -0.445. The summed E-state index contributed by atoms with van der Waals surface area (Å²) in [4.78, 5) is 0. The molecule has 0 nitrogen and oxygen atoms in total. The maximum Gasteiger partial charge on any atom is -0.00756 e. The highest BCUT2D eigenvalue weighted by Gasteiger charge is 2.13. The Hall–Kier alpha value is 0.560. The van der Waals surface area contributed by atoms with Crippen LogP contribution in [0.2, 0.25) is 0 Å². The Morgan fingerprint density at radius 3 is 2.33 bits per heavy atom. The summed E-state index contributed by atoms with van der Waals surface area (Å²) >= 11 is 2.57. The lowest BCUT2D eigenvalue weighted by Gasteiger charge is -2.21. The first kappa shape index (κ1) is 7.66. The predicted octanol–water partition coefficient (Wildman–Crippen LogP) is 3.59. The fourth-order valence-electron chi connectivity index (χ4n) is 0.846. The third-order valence-electron chi connectivity index (χ3n) is 1.24. The van der Waals surface area contributed by atoms with Gasteiger partial charge in [-0.3, -0.25) is 0 Å². The van der Waals surface area contributed by atoms with Crippen LogP contribution in [-0.2, 0) is 0 Å². The van der Waals surface area contributed by atoms with Crippen LogP contribution in [0, 0.1) is 0 Å². The lowest BCUT2D eigenvalue weighted by atomic mass is 10.6. The highest BCUT2D eigenvalue weighted by atomic mass is 127. The molecule has 0 saturated heterocycles. The maximum absolute atomic E-state index is 2.57. The van der Waals surface area contributed by atoms with E-state index in [9.17, 15) is 0 Å². The van der Waals surface area contributed by atoms with E-state index in [0.717, 1.165) is 0 Å². The Kier molecular flexibility index (Phi) is 2.64. The lowest BCUT2D eigenvalue weighted by molar-refractivity contribution is 1.11. The van der Waals surface area contributed by atoms with Gasteiger partial charge in [0, 0.05) is 0 Å². The molecule has 0 atom stereocenters. The molecule has 0 aromatic carbocycles. The molecule has 1 heterocycles. The van der Waals surface area contributed by atoms with E-state index >= 15 is 0 Å². The minimum absolute atomic E-state index is 0.445. The first-order valence-electron chi connectivity index (χ1n) is 3.12. The first-order valence-corrected chi connectivity index (χ1v) is 7.59. The van der Waals surface area contributed by atoms with Crippen LogP contribution in [0.5, 0.6) is 0 Å². The smallest absolute Gasteiger partial charge is 0.00756 e. The van der Waals surface area contributed by atoms with Gasteiger partial charge in [-0.2, -0.15) is 0 Å². The van der Waals surface area contributed by atoms with Crippen LogP contribution in [-0.4, -0.2) is 5.75 Å². The van der Waals surface area contributed by atoms with Gasteiger partial charge < -0.3 is 0 Å². The van der Waals surface area contributed by atoms with Gasteiger partial charge in [0.1, 0.15) is 0 Å². The summed E-state index contributed by atoms with van der Waals surface area (Å²) in [5.41, 5.74) is 0. The zero-order valence-electron chi connectivity index (χ0n) is 5.51. The molecule has 0 amide bonds. The second kappa shape index (κ2) is 3.10. The molecule has 1 aliphatic heterocycles. The summed E-state index contributed by atoms with van der Waals surface area (Å²) in [6.45, 7) is 2.24. The SMILES string of the molecule is CCCS1(I)C=CC=C1. The van der Waals surface area contributed by atoms with Gasteiger partial charge >= 0.3 is 0 Å². The van der Waals surface area contributed by atoms with Gasteiger partial charge in [-0.05, 0) is 44.2 Å². The standard InChI is InChI=1S/C7H11IS/c1-2-5-9(8)6-3-4-7-9/h3-4,6-7H,2,5H2,1H3. The maximum atomic E-state index is 2.57. The molecule has 0 N–H and O–H groups in total. The molecule has 0 unspecified atom stereocenters. The van der Waals surface area contributed by atoms with Gasteiger partial charge in [0.15, 0.2) is 0 Å². The van der Waals surface area contributed by atoms with E-state index in [-0.39, 0.29) is 0 Å². The molecule has 0 aromatic rings. The average Bonchev–Trinajstić information content (AvgIpc) is 2.16. The molecule has 1 aliphatic rings. The van der Waals surface area contributed by atoms with E-state index in [1.165, 1.54) is 12.2 Å². The lowest BCUT2D eigenvalue weighted by Crippen LogP contribution is -1.84. The predicted molar refractivity (Wildman–Crippen MR) is 55.0 cm³/mol. The Balaban J connectivity index is 2.53. The zero-order valence-corrected chi connectivity index (χ0v) is 8.48. The molecule has 52 valence electrons. The van der Waals surface area contributed by atoms with Gasteiger partial charge in [-0.25, -0.2) is 0 Å². The van der Waals surface area contributed by atoms with E-state index in [4.69, 9.17) is 0 Å². The number of halogens is 1. The fraction of sp³-hybridized carbons (Fsp3) is 0.429. The summed E-state index contributed by atoms with van der Waals surface area (Å²) in [5, 5.41) is 4.69. The highest BCUT2D eigenvalue weighted by molar-refractivity contribution is 14.2. The van der Waals surface area contributed by atoms with Crippen molar-refractivity contribution in [3.05, 3.63) is 23.0 Å². The number of hydrogen-bond acceptors (Lipinski definition) is 0. The van der Waals surface area contributed by atoms with E-state index in [0.29, 0.717) is 0 Å². The van der Waals surface area contributed by atoms with Crippen molar-refractivity contribution >= 4 is 28.4 Å². The van der Waals surface area contributed by atoms with Gasteiger partial charge in [0.25, 0.3) is 0 Å². The van der Waals surface area contributed by atoms with Crippen LogP contribution in [0.4, 0.5) is 0 Å². The summed E-state index contributed by atoms with van der Waals surface area (Å²) in [7, 11) is -0.445. The second-order valence-corrected chi connectivity index (χ2v) is 9.50. The van der Waals surface area contributed by atoms with Gasteiger partial charge in [0.05, 0.1) is 0 Å². The Morgan fingerprint density at radius 1 is 1.33 bits per heavy atom. The van der Waals surface area contributed by atoms with Crippen LogP contribution in [0.1, 0.15) is 13.3 Å². The second-order valence-electron chi connectivity index (χ2n) is 2.12. The molecule has 0 saturated carbocycles. The highest BCUT2D eigenvalue weighted by Crippen LogP contribution is 2.61. The van der Waals surface area contributed by atoms with Gasteiger partial charge in [-0.15, -0.1) is 7.20 Å². The molecule has 0 spiro atoms. The molecule has 1 rings (SSSR count). The monoisotopic (exact) mass is 254 g/mol. The summed E-state index contributed by atoms with van der Waals surface area (Å²) in [6, 6.07) is 0. The molecular formula is C7H11IS. The van der Waals surface area contributed by atoms with Crippen LogP contribution < -0.4 is 0 Å². The van der Waals surface area contributed by atoms with Gasteiger partial charge in [-0.1, -0.05) is 19.1 Å². The Morgan fingerprint density at radius 2 is 1.89 bits per heavy atom. The Bertz CT molecular complexity index is 137. The van der Waals surface area contributed by atoms with Crippen LogP contribution in [0.25, 0.3) is 0 Å². The van der Waals surface area contributed by atoms with E-state index < -0.39 is 7.20 Å². The summed E-state index contributed by atoms with van der Waals surface area (Å²) in [6.07, 6.45) is 5.63. The van der Waals surface area contributed by atoms with Crippen molar-refractivity contribution in [3.63, 3.8) is 0 Å². The number of hydrogen-bond donors (Lipinski definition) is 0. The van der Waals surface area contributed by atoms with E-state index in [2.05, 4.69) is 51.1 Å². The van der Waals surface area contributed by atoms with Crippen LogP contribution in [0.3, 0.4) is 0 Å². The molecule has 0 bridgehead atoms. The number of rotatable bonds is 2. The van der Waals surface area contributed by atoms with E-state index in [1.807, 2.05) is 0 Å². The molecule has 2 heteroatoms. The van der Waals surface area contributed by atoms with Crippen molar-refractivity contribution in [2.45, 2.75) is 13.3 Å². The third kappa shape index (κ3) is 2.00. The quantitative estimate of drug-likeness (QED) is 0.660. The van der Waals surface area contributed by atoms with Crippen molar-refractivity contribution in [1.29, 1.82) is 0 Å². The third-order valence-corrected chi connectivity index (χ3v) is 6.57. The molecular weight excluding hydrogens is 243 g/mol. The summed E-state index contributed by atoms with van der Waals surface area (Å²) in [5.74, 6) is 1.35. The van der Waals surface area contributed by atoms with Crippen molar-refractivity contribution in [3.8, 4) is 0 Å². The summed E-state index contributed by atoms with van der Waals surface area (Å²) < 4.78 is 0. The van der Waals surface area contributed by atoms with Crippen LogP contribution in [0.15, 0.2) is 23.0 Å². The van der Waals surface area contributed by atoms with Crippen molar-refractivity contribution in [2.24, 2.45) is 0 Å². The van der Waals surface area contributed by atoms with Crippen molar-refractivity contribution in [1.82, 2.24) is 0 Å². The molecule has 9 heavy (non-hydrogen) atoms. The first-order chi connectivity index (χ1) is 4.27. The van der Waals surface area contributed by atoms with Crippen molar-refractivity contribution in [2.75, 3.05) is 5.75 Å². The molecule has 0 aromatic heterocycles. The fourth-order valence-corrected chi connectivity index (χ4v) is 4.88. The normalized spacial score (nSPS) is 24.7. The van der Waals surface area contributed by atoms with Crippen molar-refractivity contribution < 1.29 is 0 Å². The topological polar surface area (TPSA) is 0 Å². The Labute approximate surface area is 70.3 Å². The molecule has 0 radical (unpaired) electrons.